The summed E-state index contributed by atoms with van der Waals surface area (Å²) < 4.78 is 64.4. The average Bonchev–Trinajstić information content (AvgIpc) is 2.57. The van der Waals surface area contributed by atoms with E-state index in [0.717, 1.165) is 0 Å². The number of rotatable bonds is 2. The van der Waals surface area contributed by atoms with Gasteiger partial charge in [0.1, 0.15) is 11.5 Å². The molecule has 0 aliphatic carbocycles. The summed E-state index contributed by atoms with van der Waals surface area (Å²) in [4.78, 5) is 10.9. The van der Waals surface area contributed by atoms with Crippen LogP contribution in [-0.2, 0) is 27.9 Å². The van der Waals surface area contributed by atoms with Crippen LogP contribution < -0.4 is 8.92 Å². The smallest absolute Gasteiger partial charge is 0.379 e. The molecule has 2 bridgehead atoms. The molecule has 0 spiro atoms. The lowest BCUT2D eigenvalue weighted by atomic mass is 10.1. The summed E-state index contributed by atoms with van der Waals surface area (Å²) in [6, 6.07) is 10.9. The first-order chi connectivity index (χ1) is 12.2. The van der Waals surface area contributed by atoms with Gasteiger partial charge in [-0.05, 0) is 23.8 Å². The van der Waals surface area contributed by atoms with Crippen molar-refractivity contribution in [2.45, 2.75) is 24.6 Å². The fourth-order valence-electron chi connectivity index (χ4n) is 2.18. The molecule has 26 heavy (non-hydrogen) atoms. The van der Waals surface area contributed by atoms with E-state index in [1.165, 1.54) is 18.2 Å². The van der Waals surface area contributed by atoms with Gasteiger partial charge in [-0.3, -0.25) is 4.79 Å². The molecule has 1 aliphatic rings. The molecule has 0 saturated carbocycles. The van der Waals surface area contributed by atoms with Gasteiger partial charge in [-0.15, -0.1) is 0 Å². The minimum Gasteiger partial charge on any atom is -0.485 e. The molecular weight excluding hydrogens is 377 g/mol. The van der Waals surface area contributed by atoms with Gasteiger partial charge in [0.05, 0.1) is 6.42 Å². The summed E-state index contributed by atoms with van der Waals surface area (Å²) in [5, 5.41) is 8.95. The van der Waals surface area contributed by atoms with E-state index in [1.54, 1.807) is 24.3 Å². The number of aliphatic carboxylic acids is 1. The van der Waals surface area contributed by atoms with Gasteiger partial charge < -0.3 is 14.0 Å². The first kappa shape index (κ1) is 19.6. The van der Waals surface area contributed by atoms with Crippen molar-refractivity contribution < 1.29 is 40.4 Å². The molecule has 3 rings (SSSR count). The van der Waals surface area contributed by atoms with Crippen molar-refractivity contribution in [2.24, 2.45) is 0 Å². The maximum absolute atomic E-state index is 12.3. The second kappa shape index (κ2) is 8.09. The Bertz CT molecular complexity index is 896. The van der Waals surface area contributed by atoms with Gasteiger partial charge in [-0.1, -0.05) is 24.3 Å². The Hall–Kier alpha value is -2.75. The molecule has 10 heteroatoms. The van der Waals surface area contributed by atoms with E-state index in [0.29, 0.717) is 5.56 Å². The number of para-hydroxylation sites is 1. The highest BCUT2D eigenvalue weighted by atomic mass is 32.2. The van der Waals surface area contributed by atoms with Crippen LogP contribution >= 0.6 is 0 Å². The van der Waals surface area contributed by atoms with Crippen LogP contribution in [0.2, 0.25) is 0 Å². The summed E-state index contributed by atoms with van der Waals surface area (Å²) in [5.74, 6) is -0.966. The Morgan fingerprint density at radius 2 is 1.81 bits per heavy atom. The second-order valence-electron chi connectivity index (χ2n) is 5.04. The minimum atomic E-state index is -4.05. The third-order valence-corrected chi connectivity index (χ3v) is 4.39. The van der Waals surface area contributed by atoms with Crippen molar-refractivity contribution in [1.29, 1.82) is 0 Å². The Morgan fingerprint density at radius 1 is 1.15 bits per heavy atom. The fourth-order valence-corrected chi connectivity index (χ4v) is 3.23. The number of fused-ring (bicyclic) bond motifs is 3. The first-order valence-corrected chi connectivity index (χ1v) is 8.52. The van der Waals surface area contributed by atoms with Crippen LogP contribution in [0.4, 0.5) is 13.2 Å². The van der Waals surface area contributed by atoms with Crippen LogP contribution in [0.25, 0.3) is 0 Å². The largest absolute Gasteiger partial charge is 0.485 e. The lowest BCUT2D eigenvalue weighted by molar-refractivity contribution is -0.136. The third kappa shape index (κ3) is 5.12. The van der Waals surface area contributed by atoms with E-state index in [2.05, 4.69) is 0 Å². The molecule has 6 nitrogen and oxygen atoms in total. The summed E-state index contributed by atoms with van der Waals surface area (Å²) in [6.07, 6.45) is -0.361. The lowest BCUT2D eigenvalue weighted by Crippen LogP contribution is -2.12. The normalized spacial score (nSPS) is 14.3. The van der Waals surface area contributed by atoms with Crippen molar-refractivity contribution in [3.05, 3.63) is 53.6 Å². The van der Waals surface area contributed by atoms with Gasteiger partial charge in [-0.2, -0.15) is 21.6 Å². The van der Waals surface area contributed by atoms with Gasteiger partial charge in [0.2, 0.25) is 0 Å². The SMILES string of the molecule is FC(F)F.O=C(O)Cc1cccc2c1OS(=O)(=O)c1cccc(c1)CO2. The molecular formula is C16H13F3O6S. The maximum Gasteiger partial charge on any atom is 0.379 e. The topological polar surface area (TPSA) is 89.9 Å². The van der Waals surface area contributed by atoms with Gasteiger partial charge >= 0.3 is 22.8 Å². The number of ether oxygens (including phenoxy) is 1. The van der Waals surface area contributed by atoms with E-state index in [9.17, 15) is 26.4 Å². The number of carboxylic acids is 1. The van der Waals surface area contributed by atoms with Crippen molar-refractivity contribution >= 4 is 16.1 Å². The molecule has 0 amide bonds. The summed E-state index contributed by atoms with van der Waals surface area (Å²) in [6.45, 7) is -3.50. The van der Waals surface area contributed by atoms with E-state index in [-0.39, 0.29) is 35.0 Å². The van der Waals surface area contributed by atoms with Crippen molar-refractivity contribution in [2.75, 3.05) is 0 Å². The highest BCUT2D eigenvalue weighted by molar-refractivity contribution is 7.87. The van der Waals surface area contributed by atoms with E-state index in [1.807, 2.05) is 0 Å². The van der Waals surface area contributed by atoms with Crippen molar-refractivity contribution in [3.8, 4) is 11.5 Å². The molecule has 0 fully saturated rings. The molecule has 0 saturated heterocycles. The lowest BCUT2D eigenvalue weighted by Gasteiger charge is -2.13. The van der Waals surface area contributed by atoms with Gasteiger partial charge in [0.25, 0.3) is 0 Å². The fraction of sp³-hybridized carbons (Fsp3) is 0.188. The number of carboxylic acid groups (broad SMARTS) is 1. The second-order valence-corrected chi connectivity index (χ2v) is 6.58. The molecule has 1 N–H and O–H groups in total. The zero-order chi connectivity index (χ0) is 19.3. The van der Waals surface area contributed by atoms with Crippen LogP contribution in [0.15, 0.2) is 47.4 Å². The molecule has 0 unspecified atom stereocenters. The Morgan fingerprint density at radius 3 is 2.46 bits per heavy atom. The van der Waals surface area contributed by atoms with E-state index in [4.69, 9.17) is 14.0 Å². The van der Waals surface area contributed by atoms with E-state index >= 15 is 0 Å². The van der Waals surface area contributed by atoms with Crippen LogP contribution in [0, 0.1) is 0 Å². The summed E-state index contributed by atoms with van der Waals surface area (Å²) in [7, 11) is -4.05. The molecule has 1 heterocycles. The van der Waals surface area contributed by atoms with Crippen LogP contribution in [0.3, 0.4) is 0 Å². The predicted octanol–water partition coefficient (Wildman–Crippen LogP) is 3.15. The number of hydrogen-bond donors (Lipinski definition) is 1. The predicted molar refractivity (Wildman–Crippen MR) is 83.5 cm³/mol. The summed E-state index contributed by atoms with van der Waals surface area (Å²) in [5.41, 5.74) is 0.921. The molecule has 0 atom stereocenters. The highest BCUT2D eigenvalue weighted by Gasteiger charge is 2.24. The molecule has 2 aromatic rings. The zero-order valence-electron chi connectivity index (χ0n) is 13.1. The number of hydrogen-bond acceptors (Lipinski definition) is 5. The van der Waals surface area contributed by atoms with Gasteiger partial charge in [0, 0.05) is 5.56 Å². The Kier molecular flexibility index (Phi) is 6.09. The maximum atomic E-state index is 12.3. The van der Waals surface area contributed by atoms with Gasteiger partial charge in [-0.25, -0.2) is 0 Å². The van der Waals surface area contributed by atoms with Crippen LogP contribution in [0.1, 0.15) is 11.1 Å². The minimum absolute atomic E-state index is 0.00609. The first-order valence-electron chi connectivity index (χ1n) is 7.11. The molecule has 0 aromatic heterocycles. The highest BCUT2D eigenvalue weighted by Crippen LogP contribution is 2.36. The Labute approximate surface area is 146 Å². The number of benzene rings is 2. The summed E-state index contributed by atoms with van der Waals surface area (Å²) >= 11 is 0. The zero-order valence-corrected chi connectivity index (χ0v) is 13.9. The molecule has 0 radical (unpaired) electrons. The average molecular weight is 390 g/mol. The van der Waals surface area contributed by atoms with Gasteiger partial charge in [0.15, 0.2) is 11.5 Å². The molecule has 1 aliphatic heterocycles. The van der Waals surface area contributed by atoms with Crippen LogP contribution in [-0.4, -0.2) is 26.2 Å². The number of halogens is 3. The standard InChI is InChI=1S/C15H12O6S.CHF3/c16-14(17)8-11-4-2-6-13-15(11)21-22(18,19)12-5-1-3-10(7-12)9-20-13;2-1(3)4/h1-7H,8-9H2,(H,16,17);1H. The molecule has 2 aromatic carbocycles. The monoisotopic (exact) mass is 390 g/mol. The van der Waals surface area contributed by atoms with Crippen molar-refractivity contribution in [3.63, 3.8) is 0 Å². The number of carbonyl (C=O) groups is 1. The number of alkyl halides is 3. The Balaban J connectivity index is 0.000000552. The van der Waals surface area contributed by atoms with Crippen LogP contribution in [0.5, 0.6) is 11.5 Å². The third-order valence-electron chi connectivity index (χ3n) is 3.18. The van der Waals surface area contributed by atoms with Crippen molar-refractivity contribution in [1.82, 2.24) is 0 Å². The van der Waals surface area contributed by atoms with E-state index < -0.39 is 22.8 Å². The molecule has 140 valence electrons. The quantitative estimate of drug-likeness (QED) is 0.793.